The van der Waals surface area contributed by atoms with Gasteiger partial charge < -0.3 is 10.4 Å². The maximum atomic E-state index is 13.1. The number of hydrogen-bond donors (Lipinski definition) is 3. The summed E-state index contributed by atoms with van der Waals surface area (Å²) in [6.07, 6.45) is -3.25. The molecule has 3 aromatic heterocycles. The minimum absolute atomic E-state index is 0.0522. The first kappa shape index (κ1) is 22.6. The Morgan fingerprint density at radius 3 is 2.61 bits per heavy atom. The number of anilines is 1. The van der Waals surface area contributed by atoms with Crippen molar-refractivity contribution in [3.63, 3.8) is 0 Å². The number of alkyl halides is 3. The maximum absolute atomic E-state index is 13.1. The molecule has 0 saturated carbocycles. The van der Waals surface area contributed by atoms with Crippen molar-refractivity contribution in [2.45, 2.75) is 13.1 Å². The zero-order valence-electron chi connectivity index (χ0n) is 16.7. The van der Waals surface area contributed by atoms with Gasteiger partial charge in [0.25, 0.3) is 0 Å². The summed E-state index contributed by atoms with van der Waals surface area (Å²) in [5.74, 6) is -1.01. The van der Waals surface area contributed by atoms with Gasteiger partial charge in [0, 0.05) is 29.2 Å². The number of halogens is 3. The number of hydrogen-bond acceptors (Lipinski definition) is 7. The minimum atomic E-state index is -4.61. The Morgan fingerprint density at radius 1 is 1.15 bits per heavy atom. The molecule has 0 atom stereocenters. The Balaban J connectivity index is 1.86. The number of pyridine rings is 1. The van der Waals surface area contributed by atoms with Crippen molar-refractivity contribution in [3.8, 4) is 21.1 Å². The number of thiazole rings is 2. The average Bonchev–Trinajstić information content (AvgIpc) is 3.40. The van der Waals surface area contributed by atoms with Crippen LogP contribution in [0.25, 0.3) is 31.4 Å². The highest BCUT2D eigenvalue weighted by molar-refractivity contribution is 7.22. The van der Waals surface area contributed by atoms with Crippen LogP contribution in [0.5, 0.6) is 0 Å². The Morgan fingerprint density at radius 2 is 1.94 bits per heavy atom. The van der Waals surface area contributed by atoms with Gasteiger partial charge in [-0.15, -0.1) is 22.7 Å². The number of carboxylic acids is 1. The van der Waals surface area contributed by atoms with E-state index in [1.54, 1.807) is 19.1 Å². The Kier molecular flexibility index (Phi) is 5.99. The number of carbonyl (C=O) groups is 2. The average molecular weight is 493 g/mol. The molecule has 3 heterocycles. The Bertz CT molecular complexity index is 1370. The van der Waals surface area contributed by atoms with Gasteiger partial charge in [-0.3, -0.25) is 5.32 Å². The molecule has 0 unspecified atom stereocenters. The van der Waals surface area contributed by atoms with Crippen molar-refractivity contribution >= 4 is 50.7 Å². The van der Waals surface area contributed by atoms with Crippen molar-refractivity contribution in [2.75, 3.05) is 11.9 Å². The number of benzene rings is 1. The van der Waals surface area contributed by atoms with Crippen LogP contribution in [0, 0.1) is 0 Å². The highest BCUT2D eigenvalue weighted by Crippen LogP contribution is 2.41. The molecule has 0 bridgehead atoms. The molecule has 0 aliphatic rings. The van der Waals surface area contributed by atoms with Crippen molar-refractivity contribution in [3.05, 3.63) is 47.1 Å². The molecular weight excluding hydrogens is 479 g/mol. The molecule has 2 amide bonds. The van der Waals surface area contributed by atoms with Gasteiger partial charge in [0.05, 0.1) is 15.8 Å². The topological polar surface area (TPSA) is 117 Å². The molecule has 0 aliphatic carbocycles. The van der Waals surface area contributed by atoms with Crippen molar-refractivity contribution in [1.29, 1.82) is 0 Å². The standard InChI is InChI=1S/C20H14F3N5O3S2/c1-2-24-19(31)28-14-6-10(16-27-13(8-32-16)20(21,22)23)11(7-25-14)17-26-12-5-3-4-9(18(29)30)15(12)33-17/h3-8H,2H2,1H3,(H,29,30)(H2,24,25,28,31). The van der Waals surface area contributed by atoms with E-state index in [1.807, 2.05) is 0 Å². The molecule has 0 radical (unpaired) electrons. The molecular formula is C20H14F3N5O3S2. The third-order valence-electron chi connectivity index (χ3n) is 4.38. The van der Waals surface area contributed by atoms with E-state index >= 15 is 0 Å². The summed E-state index contributed by atoms with van der Waals surface area (Å²) in [5, 5.41) is 15.8. The molecule has 4 aromatic rings. The third kappa shape index (κ3) is 4.64. The van der Waals surface area contributed by atoms with Crippen LogP contribution in [-0.4, -0.2) is 38.6 Å². The number of fused-ring (bicyclic) bond motifs is 1. The van der Waals surface area contributed by atoms with Gasteiger partial charge in [0.2, 0.25) is 0 Å². The van der Waals surface area contributed by atoms with E-state index in [4.69, 9.17) is 0 Å². The highest BCUT2D eigenvalue weighted by Gasteiger charge is 2.34. The van der Waals surface area contributed by atoms with Crippen molar-refractivity contribution < 1.29 is 27.9 Å². The molecule has 0 aliphatic heterocycles. The first-order chi connectivity index (χ1) is 15.7. The van der Waals surface area contributed by atoms with Gasteiger partial charge in [-0.05, 0) is 25.1 Å². The van der Waals surface area contributed by atoms with Gasteiger partial charge in [0.15, 0.2) is 5.69 Å². The number of aromatic carboxylic acids is 1. The van der Waals surface area contributed by atoms with E-state index in [-0.39, 0.29) is 22.0 Å². The summed E-state index contributed by atoms with van der Waals surface area (Å²) in [6, 6.07) is 5.54. The quantitative estimate of drug-likeness (QED) is 0.346. The maximum Gasteiger partial charge on any atom is 0.434 e. The van der Waals surface area contributed by atoms with E-state index in [0.717, 1.165) is 28.1 Å². The van der Waals surface area contributed by atoms with Crippen LogP contribution in [0.15, 0.2) is 35.8 Å². The number of aromatic nitrogens is 3. The first-order valence-electron chi connectivity index (χ1n) is 9.38. The molecule has 1 aromatic carbocycles. The van der Waals surface area contributed by atoms with Gasteiger partial charge >= 0.3 is 18.2 Å². The van der Waals surface area contributed by atoms with Crippen molar-refractivity contribution in [1.82, 2.24) is 20.3 Å². The highest BCUT2D eigenvalue weighted by atomic mass is 32.1. The van der Waals surface area contributed by atoms with Crippen LogP contribution in [0.1, 0.15) is 23.0 Å². The normalized spacial score (nSPS) is 11.5. The summed E-state index contributed by atoms with van der Waals surface area (Å²) in [6.45, 7) is 2.10. The van der Waals surface area contributed by atoms with Gasteiger partial charge in [-0.1, -0.05) is 6.07 Å². The number of rotatable bonds is 5. The predicted octanol–water partition coefficient (Wildman–Crippen LogP) is 5.34. The number of urea groups is 1. The van der Waals surface area contributed by atoms with E-state index in [0.29, 0.717) is 27.3 Å². The molecule has 0 saturated heterocycles. The molecule has 4 rings (SSSR count). The largest absolute Gasteiger partial charge is 0.478 e. The van der Waals surface area contributed by atoms with Gasteiger partial charge in [0.1, 0.15) is 15.8 Å². The van der Waals surface area contributed by atoms with Crippen LogP contribution in [0.2, 0.25) is 0 Å². The fourth-order valence-electron chi connectivity index (χ4n) is 2.95. The Labute approximate surface area is 192 Å². The lowest BCUT2D eigenvalue weighted by atomic mass is 10.1. The summed E-state index contributed by atoms with van der Waals surface area (Å²) >= 11 is 1.86. The molecule has 0 fully saturated rings. The zero-order valence-corrected chi connectivity index (χ0v) is 18.4. The lowest BCUT2D eigenvalue weighted by Crippen LogP contribution is -2.28. The number of carbonyl (C=O) groups excluding carboxylic acids is 1. The predicted molar refractivity (Wildman–Crippen MR) is 119 cm³/mol. The van der Waals surface area contributed by atoms with E-state index in [9.17, 15) is 27.9 Å². The summed E-state index contributed by atoms with van der Waals surface area (Å²) in [7, 11) is 0. The van der Waals surface area contributed by atoms with Gasteiger partial charge in [-0.25, -0.2) is 24.5 Å². The number of nitrogens with zero attached hydrogens (tertiary/aromatic N) is 3. The summed E-state index contributed by atoms with van der Waals surface area (Å²) in [4.78, 5) is 35.8. The molecule has 170 valence electrons. The van der Waals surface area contributed by atoms with Crippen LogP contribution in [-0.2, 0) is 6.18 Å². The lowest BCUT2D eigenvalue weighted by Gasteiger charge is -2.09. The number of carboxylic acid groups (broad SMARTS) is 1. The van der Waals surface area contributed by atoms with E-state index in [1.165, 1.54) is 18.3 Å². The molecule has 13 heteroatoms. The van der Waals surface area contributed by atoms with Crippen molar-refractivity contribution in [2.24, 2.45) is 0 Å². The molecule has 8 nitrogen and oxygen atoms in total. The SMILES string of the molecule is CCNC(=O)Nc1cc(-c2nc(C(F)(F)F)cs2)c(-c2nc3cccc(C(=O)O)c3s2)cn1. The summed E-state index contributed by atoms with van der Waals surface area (Å²) < 4.78 is 39.8. The lowest BCUT2D eigenvalue weighted by molar-refractivity contribution is -0.140. The van der Waals surface area contributed by atoms with Crippen LogP contribution in [0.3, 0.4) is 0 Å². The van der Waals surface area contributed by atoms with Crippen LogP contribution >= 0.6 is 22.7 Å². The zero-order chi connectivity index (χ0) is 23.8. The second kappa shape index (κ2) is 8.75. The molecule has 0 spiro atoms. The number of nitrogens with one attached hydrogen (secondary N) is 2. The van der Waals surface area contributed by atoms with Crippen LogP contribution < -0.4 is 10.6 Å². The molecule has 33 heavy (non-hydrogen) atoms. The fourth-order valence-corrected chi connectivity index (χ4v) is 4.90. The summed E-state index contributed by atoms with van der Waals surface area (Å²) in [5.41, 5.74) is 0.0839. The smallest absolute Gasteiger partial charge is 0.434 e. The molecule has 3 N–H and O–H groups in total. The monoisotopic (exact) mass is 493 g/mol. The third-order valence-corrected chi connectivity index (χ3v) is 6.40. The second-order valence-corrected chi connectivity index (χ2v) is 8.47. The number of amides is 2. The van der Waals surface area contributed by atoms with E-state index < -0.39 is 23.9 Å². The fraction of sp³-hybridized carbons (Fsp3) is 0.150. The van der Waals surface area contributed by atoms with Gasteiger partial charge in [-0.2, -0.15) is 13.2 Å². The second-order valence-electron chi connectivity index (χ2n) is 6.61. The first-order valence-corrected chi connectivity index (χ1v) is 11.1. The minimum Gasteiger partial charge on any atom is -0.478 e. The van der Waals surface area contributed by atoms with Crippen LogP contribution in [0.4, 0.5) is 23.8 Å². The Hall–Kier alpha value is -3.58. The van der Waals surface area contributed by atoms with E-state index in [2.05, 4.69) is 25.6 Å².